The zero-order valence-electron chi connectivity index (χ0n) is 12.1. The molecule has 0 fully saturated rings. The van der Waals surface area contributed by atoms with E-state index >= 15 is 0 Å². The van der Waals surface area contributed by atoms with Crippen molar-refractivity contribution in [3.8, 4) is 11.5 Å². The smallest absolute Gasteiger partial charge is 0.193 e. The van der Waals surface area contributed by atoms with Crippen LogP contribution in [-0.4, -0.2) is 5.78 Å². The van der Waals surface area contributed by atoms with Crippen molar-refractivity contribution in [2.24, 2.45) is 0 Å². The molecular weight excluding hydrogens is 324 g/mol. The molecule has 3 aromatic rings. The second-order valence-electron chi connectivity index (χ2n) is 5.00. The number of ether oxygens (including phenoxy) is 1. The maximum Gasteiger partial charge on any atom is 0.193 e. The Morgan fingerprint density at radius 2 is 0.957 bits per heavy atom. The Balaban J connectivity index is 1.75. The molecule has 0 saturated heterocycles. The molecule has 0 saturated carbocycles. The first-order valence-corrected chi connectivity index (χ1v) is 7.92. The molecule has 3 aromatic carbocycles. The summed E-state index contributed by atoms with van der Waals surface area (Å²) in [4.78, 5) is 14.1. The number of carbonyl (C=O) groups excluding carboxylic acids is 1. The lowest BCUT2D eigenvalue weighted by atomic mass is 10.0. The van der Waals surface area contributed by atoms with Gasteiger partial charge in [0.05, 0.1) is 0 Å². The molecule has 3 rings (SSSR count). The highest BCUT2D eigenvalue weighted by atomic mass is 32.1. The lowest BCUT2D eigenvalue weighted by Gasteiger charge is -2.07. The van der Waals surface area contributed by atoms with Crippen molar-refractivity contribution in [2.45, 2.75) is 9.79 Å². The van der Waals surface area contributed by atoms with Gasteiger partial charge in [-0.05, 0) is 72.8 Å². The van der Waals surface area contributed by atoms with E-state index in [1.807, 2.05) is 24.3 Å². The summed E-state index contributed by atoms with van der Waals surface area (Å²) < 4.78 is 5.73. The van der Waals surface area contributed by atoms with Gasteiger partial charge in [-0.25, -0.2) is 0 Å². The third kappa shape index (κ3) is 3.97. The molecule has 0 spiro atoms. The van der Waals surface area contributed by atoms with E-state index in [2.05, 4.69) is 25.3 Å². The first kappa shape index (κ1) is 15.7. The fraction of sp³-hybridized carbons (Fsp3) is 0. The van der Waals surface area contributed by atoms with Crippen LogP contribution in [0.2, 0.25) is 0 Å². The summed E-state index contributed by atoms with van der Waals surface area (Å²) in [6.07, 6.45) is 0. The van der Waals surface area contributed by atoms with Crippen LogP contribution >= 0.6 is 25.3 Å². The van der Waals surface area contributed by atoms with E-state index < -0.39 is 0 Å². The van der Waals surface area contributed by atoms with Crippen LogP contribution in [0.1, 0.15) is 15.9 Å². The predicted octanol–water partition coefficient (Wildman–Crippen LogP) is 5.29. The molecule has 0 radical (unpaired) electrons. The lowest BCUT2D eigenvalue weighted by molar-refractivity contribution is 0.103. The fourth-order valence-electron chi connectivity index (χ4n) is 2.10. The van der Waals surface area contributed by atoms with Crippen molar-refractivity contribution in [2.75, 3.05) is 0 Å². The van der Waals surface area contributed by atoms with Crippen LogP contribution < -0.4 is 4.74 Å². The highest BCUT2D eigenvalue weighted by Crippen LogP contribution is 2.23. The van der Waals surface area contributed by atoms with E-state index in [0.29, 0.717) is 16.9 Å². The molecular formula is C19H14O2S2. The normalized spacial score (nSPS) is 10.3. The average Bonchev–Trinajstić information content (AvgIpc) is 2.58. The van der Waals surface area contributed by atoms with Crippen LogP contribution in [0.15, 0.2) is 82.6 Å². The van der Waals surface area contributed by atoms with Crippen LogP contribution in [0.25, 0.3) is 0 Å². The quantitative estimate of drug-likeness (QED) is 0.499. The van der Waals surface area contributed by atoms with Gasteiger partial charge in [-0.3, -0.25) is 4.79 Å². The number of hydrogen-bond acceptors (Lipinski definition) is 4. The van der Waals surface area contributed by atoms with Crippen molar-refractivity contribution < 1.29 is 9.53 Å². The summed E-state index contributed by atoms with van der Waals surface area (Å²) in [6, 6.07) is 21.7. The lowest BCUT2D eigenvalue weighted by Crippen LogP contribution is -2.00. The van der Waals surface area contributed by atoms with Gasteiger partial charge in [0.15, 0.2) is 5.78 Å². The molecule has 114 valence electrons. The minimum Gasteiger partial charge on any atom is -0.457 e. The van der Waals surface area contributed by atoms with Gasteiger partial charge in [-0.2, -0.15) is 0 Å². The number of hydrogen-bond donors (Lipinski definition) is 2. The van der Waals surface area contributed by atoms with Gasteiger partial charge in [0.1, 0.15) is 11.5 Å². The van der Waals surface area contributed by atoms with E-state index in [-0.39, 0.29) is 5.78 Å². The maximum atomic E-state index is 12.4. The van der Waals surface area contributed by atoms with E-state index in [1.54, 1.807) is 48.5 Å². The van der Waals surface area contributed by atoms with Crippen molar-refractivity contribution in [1.82, 2.24) is 0 Å². The molecule has 0 heterocycles. The first-order chi connectivity index (χ1) is 11.1. The SMILES string of the molecule is O=C(c1ccc(S)cc1)c1ccc(Oc2ccc(S)cc2)cc1. The Bertz CT molecular complexity index is 807. The molecule has 0 aromatic heterocycles. The van der Waals surface area contributed by atoms with Crippen molar-refractivity contribution in [3.63, 3.8) is 0 Å². The van der Waals surface area contributed by atoms with Gasteiger partial charge in [0, 0.05) is 20.9 Å². The molecule has 0 aliphatic rings. The summed E-state index contributed by atoms with van der Waals surface area (Å²) in [5.41, 5.74) is 1.26. The number of thiol groups is 2. The van der Waals surface area contributed by atoms with Crippen LogP contribution in [-0.2, 0) is 0 Å². The van der Waals surface area contributed by atoms with Crippen LogP contribution in [0.3, 0.4) is 0 Å². The molecule has 0 aliphatic heterocycles. The number of ketones is 1. The molecule has 0 amide bonds. The summed E-state index contributed by atoms with van der Waals surface area (Å²) >= 11 is 8.46. The monoisotopic (exact) mass is 338 g/mol. The number of benzene rings is 3. The molecule has 0 N–H and O–H groups in total. The largest absolute Gasteiger partial charge is 0.457 e. The number of carbonyl (C=O) groups is 1. The van der Waals surface area contributed by atoms with E-state index in [1.165, 1.54) is 0 Å². The molecule has 23 heavy (non-hydrogen) atoms. The third-order valence-corrected chi connectivity index (χ3v) is 3.91. The van der Waals surface area contributed by atoms with Gasteiger partial charge in [-0.1, -0.05) is 0 Å². The molecule has 0 atom stereocenters. The summed E-state index contributed by atoms with van der Waals surface area (Å²) in [5, 5.41) is 0. The minimum absolute atomic E-state index is 0.0238. The standard InChI is InChI=1S/C19H14O2S2/c20-19(14-3-9-17(22)10-4-14)13-1-5-15(6-2-13)21-16-7-11-18(23)12-8-16/h1-12,22-23H. The van der Waals surface area contributed by atoms with Crippen LogP contribution in [0, 0.1) is 0 Å². The molecule has 0 unspecified atom stereocenters. The Labute approximate surface area is 145 Å². The summed E-state index contributed by atoms with van der Waals surface area (Å²) in [6.45, 7) is 0. The average molecular weight is 338 g/mol. The summed E-state index contributed by atoms with van der Waals surface area (Å²) in [7, 11) is 0. The highest BCUT2D eigenvalue weighted by molar-refractivity contribution is 7.80. The summed E-state index contributed by atoms with van der Waals surface area (Å²) in [5.74, 6) is 1.38. The molecule has 2 nitrogen and oxygen atoms in total. The van der Waals surface area contributed by atoms with Crippen molar-refractivity contribution in [1.29, 1.82) is 0 Å². The second-order valence-corrected chi connectivity index (χ2v) is 6.03. The second kappa shape index (κ2) is 6.94. The van der Waals surface area contributed by atoms with E-state index in [9.17, 15) is 4.79 Å². The zero-order chi connectivity index (χ0) is 16.2. The molecule has 4 heteroatoms. The molecule has 0 bridgehead atoms. The Kier molecular flexibility index (Phi) is 4.74. The highest BCUT2D eigenvalue weighted by Gasteiger charge is 2.09. The van der Waals surface area contributed by atoms with Gasteiger partial charge >= 0.3 is 0 Å². The van der Waals surface area contributed by atoms with Gasteiger partial charge in [-0.15, -0.1) is 25.3 Å². The third-order valence-electron chi connectivity index (χ3n) is 3.32. The Morgan fingerprint density at radius 3 is 1.43 bits per heavy atom. The Morgan fingerprint density at radius 1 is 0.609 bits per heavy atom. The Hall–Kier alpha value is -2.17. The van der Waals surface area contributed by atoms with E-state index in [4.69, 9.17) is 4.74 Å². The van der Waals surface area contributed by atoms with Crippen LogP contribution in [0.4, 0.5) is 0 Å². The van der Waals surface area contributed by atoms with Crippen molar-refractivity contribution in [3.05, 3.63) is 83.9 Å². The fourth-order valence-corrected chi connectivity index (χ4v) is 2.40. The number of rotatable bonds is 4. The first-order valence-electron chi connectivity index (χ1n) is 7.02. The molecule has 0 aliphatic carbocycles. The maximum absolute atomic E-state index is 12.4. The van der Waals surface area contributed by atoms with Gasteiger partial charge in [0.25, 0.3) is 0 Å². The topological polar surface area (TPSA) is 26.3 Å². The zero-order valence-corrected chi connectivity index (χ0v) is 13.9. The predicted molar refractivity (Wildman–Crippen MR) is 97.3 cm³/mol. The van der Waals surface area contributed by atoms with Gasteiger partial charge in [0.2, 0.25) is 0 Å². The minimum atomic E-state index is -0.0238. The van der Waals surface area contributed by atoms with Crippen LogP contribution in [0.5, 0.6) is 11.5 Å². The van der Waals surface area contributed by atoms with Gasteiger partial charge < -0.3 is 4.74 Å². The van der Waals surface area contributed by atoms with E-state index in [0.717, 1.165) is 15.5 Å². The van der Waals surface area contributed by atoms with Crippen molar-refractivity contribution >= 4 is 31.0 Å².